The van der Waals surface area contributed by atoms with Gasteiger partial charge in [0.1, 0.15) is 5.69 Å². The Morgan fingerprint density at radius 1 is 1.43 bits per heavy atom. The molecule has 0 fully saturated rings. The van der Waals surface area contributed by atoms with Crippen LogP contribution in [0.1, 0.15) is 33.8 Å². The number of aryl methyl sites for hydroxylation is 1. The maximum absolute atomic E-state index is 12.2. The Labute approximate surface area is 134 Å². The molecule has 0 aliphatic carbocycles. The first kappa shape index (κ1) is 14.3. The fraction of sp³-hybridized carbons (Fsp3) is 0.214. The van der Waals surface area contributed by atoms with E-state index < -0.39 is 0 Å². The van der Waals surface area contributed by atoms with E-state index >= 15 is 0 Å². The van der Waals surface area contributed by atoms with Crippen molar-refractivity contribution in [3.8, 4) is 0 Å². The van der Waals surface area contributed by atoms with Gasteiger partial charge >= 0.3 is 0 Å². The minimum Gasteiger partial charge on any atom is -0.319 e. The summed E-state index contributed by atoms with van der Waals surface area (Å²) >= 11 is 9.41. The normalized spacial score (nSPS) is 13.9. The van der Waals surface area contributed by atoms with Crippen molar-refractivity contribution in [2.24, 2.45) is 0 Å². The molecule has 0 spiro atoms. The zero-order valence-electron chi connectivity index (χ0n) is 10.9. The molecule has 1 aromatic heterocycles. The Hall–Kier alpha value is -1.66. The van der Waals surface area contributed by atoms with Crippen LogP contribution in [0.3, 0.4) is 0 Å². The maximum Gasteiger partial charge on any atom is 0.276 e. The third-order valence-corrected chi connectivity index (χ3v) is 4.57. The van der Waals surface area contributed by atoms with Crippen molar-refractivity contribution in [3.63, 3.8) is 0 Å². The average molecular weight is 369 g/mol. The van der Waals surface area contributed by atoms with E-state index in [1.54, 1.807) is 22.9 Å². The van der Waals surface area contributed by atoms with Gasteiger partial charge in [0.25, 0.3) is 5.91 Å². The van der Waals surface area contributed by atoms with Crippen LogP contribution in [0.5, 0.6) is 0 Å². The van der Waals surface area contributed by atoms with Crippen molar-refractivity contribution in [2.45, 2.75) is 19.4 Å². The quantitative estimate of drug-likeness (QED) is 0.882. The van der Waals surface area contributed by atoms with Gasteiger partial charge < -0.3 is 5.32 Å². The second-order valence-corrected chi connectivity index (χ2v) is 5.95. The highest BCUT2D eigenvalue weighted by atomic mass is 79.9. The molecule has 0 bridgehead atoms. The number of amides is 1. The van der Waals surface area contributed by atoms with E-state index in [1.165, 1.54) is 6.07 Å². The Kier molecular flexibility index (Phi) is 3.82. The van der Waals surface area contributed by atoms with Gasteiger partial charge in [0.15, 0.2) is 11.5 Å². The van der Waals surface area contributed by atoms with Crippen LogP contribution >= 0.6 is 27.5 Å². The van der Waals surface area contributed by atoms with Crippen molar-refractivity contribution in [2.75, 3.05) is 5.32 Å². The van der Waals surface area contributed by atoms with Crippen molar-refractivity contribution in [1.29, 1.82) is 0 Å². The van der Waals surface area contributed by atoms with Crippen molar-refractivity contribution < 1.29 is 9.59 Å². The molecule has 1 N–H and O–H groups in total. The van der Waals surface area contributed by atoms with E-state index in [-0.39, 0.29) is 17.4 Å². The summed E-state index contributed by atoms with van der Waals surface area (Å²) < 4.78 is 2.28. The lowest BCUT2D eigenvalue weighted by atomic mass is 10.1. The standard InChI is InChI=1S/C14H11BrClN3O2/c15-8-3-1-4-9(13(8)16)17-14(21)10-7-11-12(20)5-2-6-19(11)18-10/h1,3-4,7H,2,5-6H2,(H,17,21). The second kappa shape index (κ2) is 5.61. The molecule has 5 nitrogen and oxygen atoms in total. The first-order chi connectivity index (χ1) is 10.1. The molecule has 0 radical (unpaired) electrons. The van der Waals surface area contributed by atoms with Gasteiger partial charge in [0, 0.05) is 23.5 Å². The van der Waals surface area contributed by atoms with Gasteiger partial charge in [0.2, 0.25) is 0 Å². The molecule has 0 saturated heterocycles. The van der Waals surface area contributed by atoms with Gasteiger partial charge in [-0.2, -0.15) is 5.10 Å². The van der Waals surface area contributed by atoms with Gasteiger partial charge in [-0.25, -0.2) is 0 Å². The molecule has 0 unspecified atom stereocenters. The van der Waals surface area contributed by atoms with Crippen molar-refractivity contribution >= 4 is 44.9 Å². The molecule has 108 valence electrons. The van der Waals surface area contributed by atoms with Gasteiger partial charge in [-0.3, -0.25) is 14.3 Å². The van der Waals surface area contributed by atoms with Gasteiger partial charge in [-0.05, 0) is 34.5 Å². The Morgan fingerprint density at radius 2 is 2.24 bits per heavy atom. The number of nitrogens with zero attached hydrogens (tertiary/aromatic N) is 2. The number of rotatable bonds is 2. The summed E-state index contributed by atoms with van der Waals surface area (Å²) in [6.07, 6.45) is 1.26. The molecule has 2 heterocycles. The van der Waals surface area contributed by atoms with Gasteiger partial charge in [0.05, 0.1) is 10.7 Å². The number of hydrogen-bond donors (Lipinski definition) is 1. The number of benzene rings is 1. The minimum absolute atomic E-state index is 0.0216. The van der Waals surface area contributed by atoms with Crippen molar-refractivity contribution in [1.82, 2.24) is 9.78 Å². The summed E-state index contributed by atoms with van der Waals surface area (Å²) in [6, 6.07) is 6.79. The van der Waals surface area contributed by atoms with Gasteiger partial charge in [-0.15, -0.1) is 0 Å². The Bertz CT molecular complexity index is 742. The fourth-order valence-corrected chi connectivity index (χ4v) is 2.77. The summed E-state index contributed by atoms with van der Waals surface area (Å²) in [6.45, 7) is 0.659. The van der Waals surface area contributed by atoms with E-state index in [0.717, 1.165) is 6.42 Å². The van der Waals surface area contributed by atoms with E-state index in [4.69, 9.17) is 11.6 Å². The molecule has 3 rings (SSSR count). The zero-order valence-corrected chi connectivity index (χ0v) is 13.2. The number of anilines is 1. The average Bonchev–Trinajstić information content (AvgIpc) is 2.89. The van der Waals surface area contributed by atoms with Crippen LogP contribution in [0.4, 0.5) is 5.69 Å². The summed E-state index contributed by atoms with van der Waals surface area (Å²) in [5.41, 5.74) is 1.20. The first-order valence-electron chi connectivity index (χ1n) is 6.42. The van der Waals surface area contributed by atoms with E-state index in [9.17, 15) is 9.59 Å². The summed E-state index contributed by atoms with van der Waals surface area (Å²) in [4.78, 5) is 24.0. The molecule has 1 aliphatic heterocycles. The second-order valence-electron chi connectivity index (χ2n) is 4.72. The number of aromatic nitrogens is 2. The van der Waals surface area contributed by atoms with Crippen LogP contribution in [-0.4, -0.2) is 21.5 Å². The lowest BCUT2D eigenvalue weighted by molar-refractivity contribution is 0.0950. The molecular formula is C14H11BrClN3O2. The predicted molar refractivity (Wildman–Crippen MR) is 82.9 cm³/mol. The maximum atomic E-state index is 12.2. The number of carbonyl (C=O) groups excluding carboxylic acids is 2. The number of nitrogens with one attached hydrogen (secondary N) is 1. The lowest BCUT2D eigenvalue weighted by Gasteiger charge is -2.10. The fourth-order valence-electron chi connectivity index (χ4n) is 2.23. The third kappa shape index (κ3) is 2.73. The first-order valence-corrected chi connectivity index (χ1v) is 7.60. The molecule has 1 aliphatic rings. The van der Waals surface area contributed by atoms with Crippen LogP contribution in [0, 0.1) is 0 Å². The summed E-state index contributed by atoms with van der Waals surface area (Å²) in [5, 5.41) is 7.30. The van der Waals surface area contributed by atoms with E-state index in [0.29, 0.717) is 33.8 Å². The lowest BCUT2D eigenvalue weighted by Crippen LogP contribution is -2.17. The smallest absolute Gasteiger partial charge is 0.276 e. The highest BCUT2D eigenvalue weighted by Gasteiger charge is 2.22. The zero-order chi connectivity index (χ0) is 15.0. The highest BCUT2D eigenvalue weighted by molar-refractivity contribution is 9.10. The number of carbonyl (C=O) groups is 2. The minimum atomic E-state index is -0.385. The molecule has 1 amide bonds. The third-order valence-electron chi connectivity index (χ3n) is 3.27. The number of ketones is 1. The highest BCUT2D eigenvalue weighted by Crippen LogP contribution is 2.30. The van der Waals surface area contributed by atoms with Crippen LogP contribution in [-0.2, 0) is 6.54 Å². The SMILES string of the molecule is O=C(Nc1cccc(Br)c1Cl)c1cc2n(n1)CCCC2=O. The van der Waals surface area contributed by atoms with E-state index in [1.807, 2.05) is 0 Å². The molecule has 7 heteroatoms. The summed E-state index contributed by atoms with van der Waals surface area (Å²) in [5.74, 6) is -0.363. The Balaban J connectivity index is 1.86. The monoisotopic (exact) mass is 367 g/mol. The number of hydrogen-bond acceptors (Lipinski definition) is 3. The predicted octanol–water partition coefficient (Wildman–Crippen LogP) is 3.53. The van der Waals surface area contributed by atoms with Crippen LogP contribution in [0.15, 0.2) is 28.7 Å². The van der Waals surface area contributed by atoms with Crippen LogP contribution < -0.4 is 5.32 Å². The van der Waals surface area contributed by atoms with Gasteiger partial charge in [-0.1, -0.05) is 17.7 Å². The van der Waals surface area contributed by atoms with E-state index in [2.05, 4.69) is 26.3 Å². The number of halogens is 2. The topological polar surface area (TPSA) is 64.0 Å². The van der Waals surface area contributed by atoms with Crippen molar-refractivity contribution in [3.05, 3.63) is 45.1 Å². The largest absolute Gasteiger partial charge is 0.319 e. The Morgan fingerprint density at radius 3 is 3.00 bits per heavy atom. The number of fused-ring (bicyclic) bond motifs is 1. The molecule has 0 atom stereocenters. The molecule has 2 aromatic rings. The number of Topliss-reactive ketones (excluding diaryl/α,β-unsaturated/α-hetero) is 1. The molecule has 21 heavy (non-hydrogen) atoms. The van der Waals surface area contributed by atoms with Crippen LogP contribution in [0.2, 0.25) is 5.02 Å². The molecule has 1 aromatic carbocycles. The molecular weight excluding hydrogens is 358 g/mol. The van der Waals surface area contributed by atoms with Crippen LogP contribution in [0.25, 0.3) is 0 Å². The summed E-state index contributed by atoms with van der Waals surface area (Å²) in [7, 11) is 0. The molecule has 0 saturated carbocycles.